The van der Waals surface area contributed by atoms with Crippen molar-refractivity contribution in [3.05, 3.63) is 0 Å². The van der Waals surface area contributed by atoms with E-state index >= 15 is 0 Å². The lowest BCUT2D eigenvalue weighted by molar-refractivity contribution is -0.206. The average molecular weight is 291 g/mol. The monoisotopic (exact) mass is 291 g/mol. The smallest absolute Gasteiger partial charge is 0.410 e. The number of hydrogen-bond donors (Lipinski definition) is 0. The molecule has 2 aliphatic heterocycles. The predicted octanol–water partition coefficient (Wildman–Crippen LogP) is 1.85. The Morgan fingerprint density at radius 3 is 2.70 bits per heavy atom. The van der Waals surface area contributed by atoms with Gasteiger partial charge in [0.05, 0.1) is 6.54 Å². The van der Waals surface area contributed by atoms with Gasteiger partial charge in [-0.1, -0.05) is 0 Å². The molecular formula is C13H19F2NO4. The van der Waals surface area contributed by atoms with Crippen LogP contribution in [-0.4, -0.2) is 54.1 Å². The highest BCUT2D eigenvalue weighted by atomic mass is 19.3. The highest BCUT2D eigenvalue weighted by Gasteiger charge is 2.54. The maximum Gasteiger partial charge on any atom is 0.410 e. The Kier molecular flexibility index (Phi) is 3.75. The summed E-state index contributed by atoms with van der Waals surface area (Å²) in [4.78, 5) is 24.2. The van der Waals surface area contributed by atoms with Crippen LogP contribution in [0.1, 0.15) is 27.2 Å². The van der Waals surface area contributed by atoms with E-state index in [4.69, 9.17) is 9.47 Å². The highest BCUT2D eigenvalue weighted by molar-refractivity contribution is 5.81. The number of rotatable bonds is 0. The second-order valence-electron chi connectivity index (χ2n) is 6.36. The minimum absolute atomic E-state index is 0.0134. The number of halogens is 2. The predicted molar refractivity (Wildman–Crippen MR) is 65.6 cm³/mol. The van der Waals surface area contributed by atoms with E-state index in [9.17, 15) is 18.4 Å². The molecule has 0 N–H and O–H groups in total. The SMILES string of the molecule is CC(C)(C)OC(=O)N1C[C@@H]2CC(=O)CO[C@@H]2C(F)(F)C1. The van der Waals surface area contributed by atoms with Gasteiger partial charge in [0.2, 0.25) is 0 Å². The van der Waals surface area contributed by atoms with Crippen LogP contribution in [0.4, 0.5) is 13.6 Å². The standard InChI is InChI=1S/C13H19F2NO4/c1-12(2,3)20-11(18)16-5-8-4-9(17)6-19-10(8)13(14,15)7-16/h8,10H,4-7H2,1-3H3/t8-,10-/m0/s1. The fourth-order valence-corrected chi connectivity index (χ4v) is 2.56. The van der Waals surface area contributed by atoms with E-state index < -0.39 is 36.2 Å². The van der Waals surface area contributed by atoms with Crippen molar-refractivity contribution in [3.8, 4) is 0 Å². The van der Waals surface area contributed by atoms with Crippen LogP contribution in [-0.2, 0) is 14.3 Å². The number of fused-ring (bicyclic) bond motifs is 1. The maximum atomic E-state index is 14.0. The van der Waals surface area contributed by atoms with E-state index in [0.717, 1.165) is 4.90 Å². The summed E-state index contributed by atoms with van der Waals surface area (Å²) in [5, 5.41) is 0. The lowest BCUT2D eigenvalue weighted by Crippen LogP contribution is -2.61. The number of carbonyl (C=O) groups is 2. The zero-order valence-corrected chi connectivity index (χ0v) is 11.8. The number of alkyl halides is 2. The van der Waals surface area contributed by atoms with E-state index in [0.29, 0.717) is 0 Å². The lowest BCUT2D eigenvalue weighted by atomic mass is 9.86. The van der Waals surface area contributed by atoms with Gasteiger partial charge in [-0.2, -0.15) is 0 Å². The lowest BCUT2D eigenvalue weighted by Gasteiger charge is -2.44. The summed E-state index contributed by atoms with van der Waals surface area (Å²) in [5.41, 5.74) is -0.748. The molecule has 2 aliphatic rings. The quantitative estimate of drug-likeness (QED) is 0.683. The van der Waals surface area contributed by atoms with Crippen molar-refractivity contribution in [1.82, 2.24) is 4.90 Å². The van der Waals surface area contributed by atoms with E-state index in [1.807, 2.05) is 0 Å². The summed E-state index contributed by atoms with van der Waals surface area (Å²) in [6, 6.07) is 0. The van der Waals surface area contributed by atoms with Crippen molar-refractivity contribution < 1.29 is 27.8 Å². The first-order valence-corrected chi connectivity index (χ1v) is 6.57. The molecule has 114 valence electrons. The molecule has 5 nitrogen and oxygen atoms in total. The normalized spacial score (nSPS) is 29.9. The molecule has 0 spiro atoms. The van der Waals surface area contributed by atoms with E-state index in [1.165, 1.54) is 0 Å². The Balaban J connectivity index is 2.10. The molecule has 20 heavy (non-hydrogen) atoms. The molecule has 0 aromatic rings. The van der Waals surface area contributed by atoms with Gasteiger partial charge in [-0.25, -0.2) is 13.6 Å². The molecule has 2 saturated heterocycles. The van der Waals surface area contributed by atoms with E-state index in [2.05, 4.69) is 0 Å². The Morgan fingerprint density at radius 2 is 2.10 bits per heavy atom. The molecule has 0 aromatic heterocycles. The summed E-state index contributed by atoms with van der Waals surface area (Å²) >= 11 is 0. The summed E-state index contributed by atoms with van der Waals surface area (Å²) in [6.45, 7) is 4.05. The minimum Gasteiger partial charge on any atom is -0.444 e. The molecular weight excluding hydrogens is 272 g/mol. The second-order valence-corrected chi connectivity index (χ2v) is 6.36. The van der Waals surface area contributed by atoms with Gasteiger partial charge in [0.15, 0.2) is 5.78 Å². The number of carbonyl (C=O) groups excluding carboxylic acids is 2. The molecule has 0 bridgehead atoms. The zero-order chi connectivity index (χ0) is 15.1. The molecule has 0 saturated carbocycles. The molecule has 0 aromatic carbocycles. The number of amides is 1. The molecule has 2 heterocycles. The van der Waals surface area contributed by atoms with E-state index in [1.54, 1.807) is 20.8 Å². The molecule has 1 amide bonds. The average Bonchev–Trinajstić information content (AvgIpc) is 2.24. The third kappa shape index (κ3) is 3.26. The van der Waals surface area contributed by atoms with Gasteiger partial charge in [0, 0.05) is 18.9 Å². The van der Waals surface area contributed by atoms with Gasteiger partial charge in [-0.05, 0) is 20.8 Å². The largest absolute Gasteiger partial charge is 0.444 e. The van der Waals surface area contributed by atoms with Crippen LogP contribution in [0.2, 0.25) is 0 Å². The van der Waals surface area contributed by atoms with Gasteiger partial charge in [-0.15, -0.1) is 0 Å². The van der Waals surface area contributed by atoms with Crippen molar-refractivity contribution in [2.75, 3.05) is 19.7 Å². The van der Waals surface area contributed by atoms with Gasteiger partial charge in [0.25, 0.3) is 5.92 Å². The van der Waals surface area contributed by atoms with Crippen LogP contribution in [0.25, 0.3) is 0 Å². The summed E-state index contributed by atoms with van der Waals surface area (Å²) in [6.07, 6.45) is -2.06. The molecule has 0 aliphatic carbocycles. The molecule has 7 heteroatoms. The number of likely N-dealkylation sites (tertiary alicyclic amines) is 1. The first-order valence-electron chi connectivity index (χ1n) is 6.57. The molecule has 0 unspecified atom stereocenters. The van der Waals surface area contributed by atoms with Crippen LogP contribution < -0.4 is 0 Å². The Bertz CT molecular complexity index is 419. The molecule has 2 fully saturated rings. The topological polar surface area (TPSA) is 55.8 Å². The summed E-state index contributed by atoms with van der Waals surface area (Å²) in [5.74, 6) is -4.05. The second kappa shape index (κ2) is 4.95. The first kappa shape index (κ1) is 15.2. The molecule has 2 atom stereocenters. The van der Waals surface area contributed by atoms with Crippen molar-refractivity contribution in [2.24, 2.45) is 5.92 Å². The maximum absolute atomic E-state index is 14.0. The van der Waals surface area contributed by atoms with Crippen molar-refractivity contribution in [1.29, 1.82) is 0 Å². The third-order valence-electron chi connectivity index (χ3n) is 3.27. The van der Waals surface area contributed by atoms with Gasteiger partial charge < -0.3 is 14.4 Å². The third-order valence-corrected chi connectivity index (χ3v) is 3.27. The number of hydrogen-bond acceptors (Lipinski definition) is 4. The van der Waals surface area contributed by atoms with Crippen LogP contribution in [0.15, 0.2) is 0 Å². The molecule has 0 radical (unpaired) electrons. The Hall–Kier alpha value is -1.24. The summed E-state index contributed by atoms with van der Waals surface area (Å²) in [7, 11) is 0. The highest BCUT2D eigenvalue weighted by Crippen LogP contribution is 2.37. The van der Waals surface area contributed by atoms with Crippen LogP contribution in [0, 0.1) is 5.92 Å². The van der Waals surface area contributed by atoms with Gasteiger partial charge in [-0.3, -0.25) is 4.79 Å². The molecule has 2 rings (SSSR count). The number of ketones is 1. The number of ether oxygens (including phenoxy) is 2. The number of Topliss-reactive ketones (excluding diaryl/α,β-unsaturated/α-hetero) is 1. The van der Waals surface area contributed by atoms with Crippen molar-refractivity contribution >= 4 is 11.9 Å². The fraction of sp³-hybridized carbons (Fsp3) is 0.846. The first-order chi connectivity index (χ1) is 9.08. The number of piperidine rings is 1. The zero-order valence-electron chi connectivity index (χ0n) is 11.8. The van der Waals surface area contributed by atoms with Crippen LogP contribution in [0.3, 0.4) is 0 Å². The fourth-order valence-electron chi connectivity index (χ4n) is 2.56. The Morgan fingerprint density at radius 1 is 1.45 bits per heavy atom. The van der Waals surface area contributed by atoms with Gasteiger partial charge in [0.1, 0.15) is 18.3 Å². The summed E-state index contributed by atoms with van der Waals surface area (Å²) < 4.78 is 38.1. The minimum atomic E-state index is -3.17. The van der Waals surface area contributed by atoms with E-state index in [-0.39, 0.29) is 25.4 Å². The van der Waals surface area contributed by atoms with Crippen molar-refractivity contribution in [3.63, 3.8) is 0 Å². The van der Waals surface area contributed by atoms with Gasteiger partial charge >= 0.3 is 6.09 Å². The van der Waals surface area contributed by atoms with Crippen LogP contribution in [0.5, 0.6) is 0 Å². The van der Waals surface area contributed by atoms with Crippen molar-refractivity contribution in [2.45, 2.75) is 44.8 Å². The number of nitrogens with zero attached hydrogens (tertiary/aromatic N) is 1. The van der Waals surface area contributed by atoms with Crippen LogP contribution >= 0.6 is 0 Å². The Labute approximate surface area is 116 Å².